The van der Waals surface area contributed by atoms with Crippen molar-refractivity contribution in [1.29, 1.82) is 0 Å². The van der Waals surface area contributed by atoms with Crippen molar-refractivity contribution in [3.8, 4) is 0 Å². The molecule has 3 aromatic rings. The molecule has 0 amide bonds. The van der Waals surface area contributed by atoms with Crippen molar-refractivity contribution in [3.05, 3.63) is 36.7 Å². The molecule has 0 saturated carbocycles. The number of hydrogen-bond acceptors (Lipinski definition) is 7. The van der Waals surface area contributed by atoms with Crippen LogP contribution in [0.3, 0.4) is 0 Å². The number of fused-ring (bicyclic) bond motifs is 1. The molecule has 0 bridgehead atoms. The normalized spacial score (nSPS) is 10.9. The van der Waals surface area contributed by atoms with Crippen LogP contribution in [-0.4, -0.2) is 39.4 Å². The predicted octanol–water partition coefficient (Wildman–Crippen LogP) is 1.62. The minimum Gasteiger partial charge on any atom is -0.472 e. The maximum Gasteiger partial charge on any atom is 0.327 e. The lowest BCUT2D eigenvalue weighted by atomic mass is 10.3. The fourth-order valence-corrected chi connectivity index (χ4v) is 2.37. The van der Waals surface area contributed by atoms with Gasteiger partial charge in [-0.3, -0.25) is 4.79 Å². The number of methoxy groups -OCH3 is 1. The lowest BCUT2D eigenvalue weighted by Crippen LogP contribution is -2.23. The molecule has 0 N–H and O–H groups in total. The van der Waals surface area contributed by atoms with Crippen LogP contribution >= 0.6 is 0 Å². The van der Waals surface area contributed by atoms with E-state index in [0.29, 0.717) is 12.2 Å². The SMILES string of the molecule is CCN(Cc1ccoc1)c1ncnc2c1cnn2CC(=O)OC. The lowest BCUT2D eigenvalue weighted by Gasteiger charge is -2.21. The fraction of sp³-hybridized carbons (Fsp3) is 0.333. The minimum atomic E-state index is -0.374. The molecule has 8 heteroatoms. The number of carbonyl (C=O) groups excluding carboxylic acids is 1. The molecule has 3 rings (SSSR count). The molecule has 3 heterocycles. The van der Waals surface area contributed by atoms with Crippen LogP contribution in [0, 0.1) is 0 Å². The molecular weight excluding hydrogens is 298 g/mol. The van der Waals surface area contributed by atoms with E-state index >= 15 is 0 Å². The monoisotopic (exact) mass is 315 g/mol. The molecule has 0 spiro atoms. The van der Waals surface area contributed by atoms with Crippen LogP contribution in [0.25, 0.3) is 11.0 Å². The lowest BCUT2D eigenvalue weighted by molar-refractivity contribution is -0.141. The first-order valence-electron chi connectivity index (χ1n) is 7.22. The van der Waals surface area contributed by atoms with E-state index < -0.39 is 0 Å². The van der Waals surface area contributed by atoms with Crippen LogP contribution in [0.1, 0.15) is 12.5 Å². The molecule has 0 unspecified atom stereocenters. The van der Waals surface area contributed by atoms with E-state index in [1.807, 2.05) is 13.0 Å². The van der Waals surface area contributed by atoms with Crippen molar-refractivity contribution in [2.45, 2.75) is 20.0 Å². The third-order valence-corrected chi connectivity index (χ3v) is 3.55. The number of carbonyl (C=O) groups is 1. The van der Waals surface area contributed by atoms with Gasteiger partial charge >= 0.3 is 5.97 Å². The van der Waals surface area contributed by atoms with Gasteiger partial charge < -0.3 is 14.1 Å². The summed E-state index contributed by atoms with van der Waals surface area (Å²) >= 11 is 0. The maximum atomic E-state index is 11.5. The number of ether oxygens (including phenoxy) is 1. The molecule has 3 aromatic heterocycles. The van der Waals surface area contributed by atoms with Crippen LogP contribution in [0.4, 0.5) is 5.82 Å². The second-order valence-corrected chi connectivity index (χ2v) is 4.96. The zero-order chi connectivity index (χ0) is 16.2. The Morgan fingerprint density at radius 3 is 3.00 bits per heavy atom. The predicted molar refractivity (Wildman–Crippen MR) is 82.8 cm³/mol. The molecular formula is C15H17N5O3. The first-order chi connectivity index (χ1) is 11.2. The second kappa shape index (κ2) is 6.47. The van der Waals surface area contributed by atoms with E-state index in [0.717, 1.165) is 23.3 Å². The molecule has 0 aliphatic rings. The Balaban J connectivity index is 1.95. The van der Waals surface area contributed by atoms with E-state index in [2.05, 4.69) is 24.7 Å². The maximum absolute atomic E-state index is 11.5. The van der Waals surface area contributed by atoms with Gasteiger partial charge in [0.05, 0.1) is 31.2 Å². The van der Waals surface area contributed by atoms with Gasteiger partial charge in [0.15, 0.2) is 5.65 Å². The Bertz CT molecular complexity index is 797. The summed E-state index contributed by atoms with van der Waals surface area (Å²) in [5, 5.41) is 5.02. The van der Waals surface area contributed by atoms with E-state index in [1.165, 1.54) is 18.1 Å². The Morgan fingerprint density at radius 2 is 2.30 bits per heavy atom. The topological polar surface area (TPSA) is 86.3 Å². The van der Waals surface area contributed by atoms with Gasteiger partial charge in [-0.05, 0) is 13.0 Å². The average molecular weight is 315 g/mol. The summed E-state index contributed by atoms with van der Waals surface area (Å²) in [6.07, 6.45) is 6.51. The molecule has 0 aliphatic carbocycles. The molecule has 120 valence electrons. The standard InChI is InChI=1S/C15H17N5O3/c1-3-19(7-11-4-5-23-9-11)14-12-6-18-20(8-13(21)22-2)15(12)17-10-16-14/h4-6,9-10H,3,7-8H2,1-2H3. The van der Waals surface area contributed by atoms with Crippen molar-refractivity contribution in [1.82, 2.24) is 19.7 Å². The number of anilines is 1. The summed E-state index contributed by atoms with van der Waals surface area (Å²) in [5.74, 6) is 0.399. The number of esters is 1. The number of rotatable bonds is 6. The van der Waals surface area contributed by atoms with Gasteiger partial charge in [-0.2, -0.15) is 5.10 Å². The highest BCUT2D eigenvalue weighted by atomic mass is 16.5. The van der Waals surface area contributed by atoms with Crippen molar-refractivity contribution in [2.75, 3.05) is 18.6 Å². The van der Waals surface area contributed by atoms with Gasteiger partial charge in [-0.15, -0.1) is 0 Å². The Kier molecular flexibility index (Phi) is 4.22. The number of aromatic nitrogens is 4. The van der Waals surface area contributed by atoms with E-state index in [9.17, 15) is 4.79 Å². The van der Waals surface area contributed by atoms with Gasteiger partial charge in [0.1, 0.15) is 18.7 Å². The Morgan fingerprint density at radius 1 is 1.43 bits per heavy atom. The van der Waals surface area contributed by atoms with E-state index in [1.54, 1.807) is 18.7 Å². The third kappa shape index (κ3) is 3.01. The molecule has 0 aliphatic heterocycles. The van der Waals surface area contributed by atoms with Gasteiger partial charge in [0.2, 0.25) is 0 Å². The summed E-state index contributed by atoms with van der Waals surface area (Å²) < 4.78 is 11.3. The minimum absolute atomic E-state index is 0.0182. The first-order valence-corrected chi connectivity index (χ1v) is 7.22. The molecule has 0 saturated heterocycles. The molecule has 0 aromatic carbocycles. The van der Waals surface area contributed by atoms with Crippen LogP contribution in [0.5, 0.6) is 0 Å². The third-order valence-electron chi connectivity index (χ3n) is 3.55. The summed E-state index contributed by atoms with van der Waals surface area (Å²) in [4.78, 5) is 22.2. The van der Waals surface area contributed by atoms with Crippen LogP contribution < -0.4 is 4.90 Å². The molecule has 8 nitrogen and oxygen atoms in total. The molecule has 0 fully saturated rings. The number of hydrogen-bond donors (Lipinski definition) is 0. The first kappa shape index (κ1) is 15.0. The highest BCUT2D eigenvalue weighted by Gasteiger charge is 2.16. The van der Waals surface area contributed by atoms with Crippen LogP contribution in [-0.2, 0) is 22.6 Å². The van der Waals surface area contributed by atoms with E-state index in [-0.39, 0.29) is 12.5 Å². The average Bonchev–Trinajstić information content (AvgIpc) is 3.22. The summed E-state index contributed by atoms with van der Waals surface area (Å²) in [5.41, 5.74) is 1.66. The highest BCUT2D eigenvalue weighted by Crippen LogP contribution is 2.24. The molecule has 0 radical (unpaired) electrons. The van der Waals surface area contributed by atoms with Crippen molar-refractivity contribution < 1.29 is 13.9 Å². The Hall–Kier alpha value is -2.90. The molecule has 23 heavy (non-hydrogen) atoms. The van der Waals surface area contributed by atoms with Gasteiger partial charge in [0.25, 0.3) is 0 Å². The van der Waals surface area contributed by atoms with Crippen molar-refractivity contribution >= 4 is 22.8 Å². The zero-order valence-corrected chi connectivity index (χ0v) is 13.0. The van der Waals surface area contributed by atoms with Crippen molar-refractivity contribution in [2.24, 2.45) is 0 Å². The van der Waals surface area contributed by atoms with Gasteiger partial charge in [-0.25, -0.2) is 14.6 Å². The second-order valence-electron chi connectivity index (χ2n) is 4.96. The Labute approximate surface area is 132 Å². The van der Waals surface area contributed by atoms with Gasteiger partial charge in [0, 0.05) is 18.7 Å². The smallest absolute Gasteiger partial charge is 0.327 e. The quantitative estimate of drug-likeness (QED) is 0.639. The summed E-state index contributed by atoms with van der Waals surface area (Å²) in [6, 6.07) is 1.92. The van der Waals surface area contributed by atoms with Crippen LogP contribution in [0.2, 0.25) is 0 Å². The van der Waals surface area contributed by atoms with E-state index in [4.69, 9.17) is 4.42 Å². The summed E-state index contributed by atoms with van der Waals surface area (Å²) in [6.45, 7) is 3.50. The fourth-order valence-electron chi connectivity index (χ4n) is 2.37. The van der Waals surface area contributed by atoms with Crippen LogP contribution in [0.15, 0.2) is 35.5 Å². The summed E-state index contributed by atoms with van der Waals surface area (Å²) in [7, 11) is 1.35. The number of furan rings is 1. The zero-order valence-electron chi connectivity index (χ0n) is 13.0. The largest absolute Gasteiger partial charge is 0.472 e. The number of nitrogens with zero attached hydrogens (tertiary/aromatic N) is 5. The highest BCUT2D eigenvalue weighted by molar-refractivity contribution is 5.87. The molecule has 0 atom stereocenters. The van der Waals surface area contributed by atoms with Gasteiger partial charge in [-0.1, -0.05) is 0 Å². The van der Waals surface area contributed by atoms with Crippen molar-refractivity contribution in [3.63, 3.8) is 0 Å².